The Bertz CT molecular complexity index is 2170. The monoisotopic (exact) mass is 683 g/mol. The second-order valence-electron chi connectivity index (χ2n) is 9.35. The van der Waals surface area contributed by atoms with Gasteiger partial charge in [0.05, 0.1) is 31.9 Å². The van der Waals surface area contributed by atoms with Gasteiger partial charge in [0.1, 0.15) is 16.3 Å². The normalized spacial score (nSPS) is 12.0. The zero-order valence-electron chi connectivity index (χ0n) is 23.8. The van der Waals surface area contributed by atoms with Crippen molar-refractivity contribution < 1.29 is 75.6 Å². The Hall–Kier alpha value is -4.57. The van der Waals surface area contributed by atoms with E-state index in [0.29, 0.717) is 23.8 Å². The van der Waals surface area contributed by atoms with Gasteiger partial charge in [0.15, 0.2) is 5.75 Å². The van der Waals surface area contributed by atoms with Gasteiger partial charge in [0.25, 0.3) is 25.9 Å². The van der Waals surface area contributed by atoms with Gasteiger partial charge >= 0.3 is 35.2 Å². The number of nitro benzene ring substituents is 2. The second-order valence-corrected chi connectivity index (χ2v) is 12.2. The number of hydrogen-bond donors (Lipinski definition) is 4. The van der Waals surface area contributed by atoms with Crippen molar-refractivity contribution in [3.8, 4) is 11.5 Å². The van der Waals surface area contributed by atoms with Gasteiger partial charge in [-0.15, -0.1) is 10.2 Å². The van der Waals surface area contributed by atoms with Crippen LogP contribution in [-0.4, -0.2) is 66.3 Å². The van der Waals surface area contributed by atoms with E-state index >= 15 is 0 Å². The van der Waals surface area contributed by atoms with E-state index < -0.39 is 74.1 Å². The number of anilines is 1. The summed E-state index contributed by atoms with van der Waals surface area (Å²) in [6, 6.07) is 10.1. The van der Waals surface area contributed by atoms with Crippen LogP contribution in [0.5, 0.6) is 11.5 Å². The van der Waals surface area contributed by atoms with Crippen molar-refractivity contribution in [3.63, 3.8) is 0 Å². The maximum atomic E-state index is 12.3. The Balaban J connectivity index is 0.00000576. The first-order valence-electron chi connectivity index (χ1n) is 12.1. The van der Waals surface area contributed by atoms with Gasteiger partial charge in [-0.3, -0.25) is 34.3 Å². The third kappa shape index (κ3) is 7.62. The van der Waals surface area contributed by atoms with E-state index in [4.69, 9.17) is 0 Å². The average molecular weight is 684 g/mol. The standard InChI is InChI=1S/C25H20N6O12S2.Na/c1-29(2)15-5-3-13(4-6-15)12-26-18-11-17(44(38,39)40)7-14-8-21(45(41,42)43)23(25(33)22(14)18)28-27-19-9-16(30(34)35)10-20(24(19)32)31(36)37;/h3-12,32-33H,1-2H3,(H,38,39,40)(H,41,42,43);/q;+1. The summed E-state index contributed by atoms with van der Waals surface area (Å²) in [6.45, 7) is 0. The first-order chi connectivity index (χ1) is 20.9. The molecule has 0 aromatic heterocycles. The van der Waals surface area contributed by atoms with Crippen LogP contribution in [-0.2, 0) is 20.2 Å². The molecular weight excluding hydrogens is 663 g/mol. The van der Waals surface area contributed by atoms with Crippen molar-refractivity contribution in [2.75, 3.05) is 19.0 Å². The molecule has 4 rings (SSSR count). The first kappa shape index (κ1) is 35.9. The number of non-ortho nitro benzene ring substituents is 1. The predicted octanol–water partition coefficient (Wildman–Crippen LogP) is 1.80. The Kier molecular flexibility index (Phi) is 10.5. The maximum Gasteiger partial charge on any atom is 1.00 e. The maximum absolute atomic E-state index is 12.3. The van der Waals surface area contributed by atoms with E-state index in [0.717, 1.165) is 17.8 Å². The fourth-order valence-electron chi connectivity index (χ4n) is 4.00. The minimum absolute atomic E-state index is 0. The number of phenolic OH excluding ortho intramolecular Hbond substituents is 2. The van der Waals surface area contributed by atoms with Crippen molar-refractivity contribution >= 4 is 71.3 Å². The molecule has 21 heteroatoms. The van der Waals surface area contributed by atoms with Crippen LogP contribution in [0.15, 0.2) is 79.6 Å². The number of phenols is 2. The van der Waals surface area contributed by atoms with E-state index in [2.05, 4.69) is 15.2 Å². The molecular formula is C25H20N6NaO12S2+. The van der Waals surface area contributed by atoms with Crippen molar-refractivity contribution in [2.24, 2.45) is 15.2 Å². The molecule has 0 aliphatic carbocycles. The zero-order valence-corrected chi connectivity index (χ0v) is 27.5. The van der Waals surface area contributed by atoms with Crippen LogP contribution in [0.2, 0.25) is 0 Å². The number of azo groups is 1. The summed E-state index contributed by atoms with van der Waals surface area (Å²) in [4.78, 5) is 24.5. The third-order valence-corrected chi connectivity index (χ3v) is 7.86. The molecule has 4 aromatic carbocycles. The molecule has 234 valence electrons. The predicted molar refractivity (Wildman–Crippen MR) is 159 cm³/mol. The molecule has 0 amide bonds. The molecule has 4 aromatic rings. The molecule has 0 saturated carbocycles. The molecule has 18 nitrogen and oxygen atoms in total. The third-order valence-electron chi connectivity index (χ3n) is 6.16. The molecule has 0 atom stereocenters. The van der Waals surface area contributed by atoms with Crippen LogP contribution >= 0.6 is 0 Å². The van der Waals surface area contributed by atoms with E-state index in [1.807, 2.05) is 19.0 Å². The number of benzene rings is 4. The summed E-state index contributed by atoms with van der Waals surface area (Å²) in [7, 11) is -6.56. The molecule has 0 aliphatic heterocycles. The summed E-state index contributed by atoms with van der Waals surface area (Å²) in [6.07, 6.45) is 1.26. The molecule has 0 radical (unpaired) electrons. The second kappa shape index (κ2) is 13.4. The molecule has 46 heavy (non-hydrogen) atoms. The van der Waals surface area contributed by atoms with Gasteiger partial charge in [-0.25, -0.2) is 0 Å². The van der Waals surface area contributed by atoms with Gasteiger partial charge in [0, 0.05) is 32.1 Å². The molecule has 0 spiro atoms. The minimum atomic E-state index is -5.28. The molecule has 0 heterocycles. The van der Waals surface area contributed by atoms with Crippen molar-refractivity contribution in [1.82, 2.24) is 0 Å². The quantitative estimate of drug-likeness (QED) is 0.0490. The van der Waals surface area contributed by atoms with E-state index in [9.17, 15) is 56.4 Å². The number of rotatable bonds is 9. The summed E-state index contributed by atoms with van der Waals surface area (Å²) in [5, 5.41) is 50.2. The van der Waals surface area contributed by atoms with Crippen molar-refractivity contribution in [1.29, 1.82) is 0 Å². The number of hydrogen-bond acceptors (Lipinski definition) is 14. The summed E-state index contributed by atoms with van der Waals surface area (Å²) < 4.78 is 68.1. The van der Waals surface area contributed by atoms with Crippen LogP contribution in [0.4, 0.5) is 34.1 Å². The molecule has 0 saturated heterocycles. The first-order valence-corrected chi connectivity index (χ1v) is 14.9. The molecule has 0 unspecified atom stereocenters. The Morgan fingerprint density at radius 1 is 0.804 bits per heavy atom. The fraction of sp³-hybridized carbons (Fsp3) is 0.0800. The molecule has 4 N–H and O–H groups in total. The van der Waals surface area contributed by atoms with E-state index in [1.54, 1.807) is 24.3 Å². The number of nitrogens with zero attached hydrogens (tertiary/aromatic N) is 6. The van der Waals surface area contributed by atoms with E-state index in [1.165, 1.54) is 6.21 Å². The Morgan fingerprint density at radius 2 is 1.43 bits per heavy atom. The Labute approximate surface area is 281 Å². The van der Waals surface area contributed by atoms with Crippen molar-refractivity contribution in [3.05, 3.63) is 80.4 Å². The van der Waals surface area contributed by atoms with Gasteiger partial charge in [0.2, 0.25) is 5.75 Å². The smallest absolute Gasteiger partial charge is 0.505 e. The number of fused-ring (bicyclic) bond motifs is 1. The summed E-state index contributed by atoms with van der Waals surface area (Å²) in [5.41, 5.74) is -2.90. The van der Waals surface area contributed by atoms with Gasteiger partial charge in [-0.05, 0) is 41.3 Å². The van der Waals surface area contributed by atoms with Crippen molar-refractivity contribution in [2.45, 2.75) is 9.79 Å². The summed E-state index contributed by atoms with van der Waals surface area (Å²) >= 11 is 0. The van der Waals surface area contributed by atoms with Gasteiger partial charge in [-0.2, -0.15) is 16.8 Å². The average Bonchev–Trinajstić information content (AvgIpc) is 2.94. The largest absolute Gasteiger partial charge is 1.00 e. The topological polar surface area (TPSA) is 276 Å². The van der Waals surface area contributed by atoms with Crippen LogP contribution in [0.25, 0.3) is 10.8 Å². The van der Waals surface area contributed by atoms with Gasteiger partial charge < -0.3 is 15.1 Å². The van der Waals surface area contributed by atoms with Crippen LogP contribution in [0.3, 0.4) is 0 Å². The van der Waals surface area contributed by atoms with Crippen LogP contribution < -0.4 is 34.5 Å². The van der Waals surface area contributed by atoms with Gasteiger partial charge in [-0.1, -0.05) is 12.1 Å². The molecule has 0 fully saturated rings. The summed E-state index contributed by atoms with van der Waals surface area (Å²) in [5.74, 6) is -2.24. The molecule has 0 aliphatic rings. The van der Waals surface area contributed by atoms with Crippen LogP contribution in [0.1, 0.15) is 5.56 Å². The number of nitro groups is 2. The van der Waals surface area contributed by atoms with E-state index in [-0.39, 0.29) is 46.0 Å². The SMILES string of the molecule is CN(C)c1ccc(C=Nc2cc(S(=O)(=O)O)cc3cc(S(=O)(=O)O)c(N=Nc4cc([N+](=O)[O-])cc([N+](=O)[O-])c4O)c(O)c23)cc1.[Na+]. The molecule has 0 bridgehead atoms. The van der Waals surface area contributed by atoms with Crippen LogP contribution in [0, 0.1) is 20.2 Å². The fourth-order valence-corrected chi connectivity index (χ4v) is 5.19. The Morgan fingerprint density at radius 3 is 1.96 bits per heavy atom. The number of aliphatic imine (C=N–C) groups is 1. The minimum Gasteiger partial charge on any atom is -0.505 e. The number of aromatic hydroxyl groups is 2. The zero-order chi connectivity index (χ0) is 33.4.